The van der Waals surface area contributed by atoms with Gasteiger partial charge in [0.2, 0.25) is 5.91 Å². The number of benzene rings is 1. The van der Waals surface area contributed by atoms with Gasteiger partial charge in [0.15, 0.2) is 0 Å². The molecule has 1 N–H and O–H groups in total. The summed E-state index contributed by atoms with van der Waals surface area (Å²) in [7, 11) is 0. The van der Waals surface area contributed by atoms with E-state index in [1.165, 1.54) is 0 Å². The topological polar surface area (TPSA) is 52.9 Å². The minimum absolute atomic E-state index is 0.108. The second-order valence-electron chi connectivity index (χ2n) is 4.08. The molecule has 96 valence electrons. The van der Waals surface area contributed by atoms with Gasteiger partial charge in [-0.2, -0.15) is 5.26 Å². The first-order valence-electron chi connectivity index (χ1n) is 5.29. The van der Waals surface area contributed by atoms with Crippen molar-refractivity contribution in [3.63, 3.8) is 0 Å². The number of nitriles is 1. The van der Waals surface area contributed by atoms with E-state index in [4.69, 9.17) is 28.5 Å². The molecular formula is C12H12Cl2N2OS. The van der Waals surface area contributed by atoms with E-state index in [1.54, 1.807) is 12.1 Å². The Morgan fingerprint density at radius 3 is 2.67 bits per heavy atom. The molecule has 6 heteroatoms. The number of rotatable bonds is 4. The highest BCUT2D eigenvalue weighted by Gasteiger charge is 2.13. The molecule has 0 heterocycles. The van der Waals surface area contributed by atoms with Crippen molar-refractivity contribution < 1.29 is 4.79 Å². The molecule has 0 aliphatic carbocycles. The third-order valence-corrected chi connectivity index (χ3v) is 3.72. The van der Waals surface area contributed by atoms with Gasteiger partial charge in [-0.1, -0.05) is 37.0 Å². The predicted molar refractivity (Wildman–Crippen MR) is 76.0 cm³/mol. The van der Waals surface area contributed by atoms with Crippen molar-refractivity contribution in [2.75, 3.05) is 5.32 Å². The maximum absolute atomic E-state index is 11.6. The molecule has 0 bridgehead atoms. The van der Waals surface area contributed by atoms with Gasteiger partial charge in [-0.25, -0.2) is 0 Å². The van der Waals surface area contributed by atoms with Crippen LogP contribution < -0.4 is 5.32 Å². The van der Waals surface area contributed by atoms with E-state index in [1.807, 2.05) is 19.2 Å². The Bertz CT molecular complexity index is 498. The average Bonchev–Trinajstić information content (AvgIpc) is 2.28. The zero-order valence-corrected chi connectivity index (χ0v) is 12.3. The zero-order valence-electron chi connectivity index (χ0n) is 9.96. The standard InChI is InChI=1S/C12H12Cl2N2OS/c1-7(2)5-10(17)16-8-3-4-9(18-6-15)12(14)11(8)13/h3-4,7H,5H2,1-2H3,(H,16,17). The van der Waals surface area contributed by atoms with Gasteiger partial charge in [0, 0.05) is 11.3 Å². The van der Waals surface area contributed by atoms with Crippen LogP contribution in [-0.2, 0) is 4.79 Å². The summed E-state index contributed by atoms with van der Waals surface area (Å²) < 4.78 is 0. The fourth-order valence-electron chi connectivity index (χ4n) is 1.33. The number of thiocyanates is 1. The van der Waals surface area contributed by atoms with Crippen LogP contribution in [0.25, 0.3) is 0 Å². The molecule has 0 fully saturated rings. The number of nitrogens with zero attached hydrogens (tertiary/aromatic N) is 1. The van der Waals surface area contributed by atoms with Gasteiger partial charge in [-0.15, -0.1) is 0 Å². The number of carbonyl (C=O) groups excluding carboxylic acids is 1. The van der Waals surface area contributed by atoms with E-state index >= 15 is 0 Å². The molecule has 0 atom stereocenters. The van der Waals surface area contributed by atoms with Crippen LogP contribution in [-0.4, -0.2) is 5.91 Å². The maximum atomic E-state index is 11.6. The Hall–Kier alpha value is -0.890. The van der Waals surface area contributed by atoms with Crippen molar-refractivity contribution in [2.45, 2.75) is 25.2 Å². The van der Waals surface area contributed by atoms with Gasteiger partial charge in [-0.3, -0.25) is 4.79 Å². The third kappa shape index (κ3) is 4.09. The highest BCUT2D eigenvalue weighted by molar-refractivity contribution is 8.03. The molecule has 0 radical (unpaired) electrons. The van der Waals surface area contributed by atoms with Gasteiger partial charge in [-0.05, 0) is 29.8 Å². The lowest BCUT2D eigenvalue weighted by Gasteiger charge is -2.11. The molecule has 1 amide bonds. The highest BCUT2D eigenvalue weighted by Crippen LogP contribution is 2.37. The lowest BCUT2D eigenvalue weighted by Crippen LogP contribution is -2.14. The number of hydrogen-bond acceptors (Lipinski definition) is 3. The fourth-order valence-corrected chi connectivity index (χ4v) is 2.30. The lowest BCUT2D eigenvalue weighted by molar-refractivity contribution is -0.116. The lowest BCUT2D eigenvalue weighted by atomic mass is 10.1. The van der Waals surface area contributed by atoms with Crippen molar-refractivity contribution in [3.8, 4) is 5.40 Å². The van der Waals surface area contributed by atoms with E-state index in [0.717, 1.165) is 11.8 Å². The van der Waals surface area contributed by atoms with E-state index in [9.17, 15) is 4.79 Å². The van der Waals surface area contributed by atoms with E-state index < -0.39 is 0 Å². The molecule has 0 spiro atoms. The summed E-state index contributed by atoms with van der Waals surface area (Å²) in [5, 5.41) is 13.8. The number of thioether (sulfide) groups is 1. The molecule has 0 aromatic heterocycles. The van der Waals surface area contributed by atoms with Crippen LogP contribution >= 0.6 is 35.0 Å². The Morgan fingerprint density at radius 1 is 1.44 bits per heavy atom. The Labute approximate surface area is 120 Å². The van der Waals surface area contributed by atoms with Crippen molar-refractivity contribution in [2.24, 2.45) is 5.92 Å². The molecule has 1 rings (SSSR count). The molecule has 1 aromatic carbocycles. The summed E-state index contributed by atoms with van der Waals surface area (Å²) in [5.74, 6) is 0.163. The molecule has 0 aliphatic heterocycles. The van der Waals surface area contributed by atoms with Crippen LogP contribution in [0.15, 0.2) is 17.0 Å². The van der Waals surface area contributed by atoms with Gasteiger partial charge in [0.05, 0.1) is 15.7 Å². The van der Waals surface area contributed by atoms with Gasteiger partial charge < -0.3 is 5.32 Å². The number of carbonyl (C=O) groups is 1. The number of halogens is 2. The molecule has 0 unspecified atom stereocenters. The van der Waals surface area contributed by atoms with Crippen LogP contribution in [0.2, 0.25) is 10.0 Å². The van der Waals surface area contributed by atoms with Crippen LogP contribution in [0.5, 0.6) is 0 Å². The van der Waals surface area contributed by atoms with Gasteiger partial charge in [0.1, 0.15) is 5.40 Å². The van der Waals surface area contributed by atoms with Gasteiger partial charge >= 0.3 is 0 Å². The number of anilines is 1. The first-order chi connectivity index (χ1) is 8.45. The summed E-state index contributed by atoms with van der Waals surface area (Å²) >= 11 is 13.0. The summed E-state index contributed by atoms with van der Waals surface area (Å²) in [6.07, 6.45) is 0.419. The molecule has 1 aromatic rings. The molecule has 3 nitrogen and oxygen atoms in total. The normalized spacial score (nSPS) is 10.2. The summed E-state index contributed by atoms with van der Waals surface area (Å²) in [4.78, 5) is 12.2. The second kappa shape index (κ2) is 6.89. The maximum Gasteiger partial charge on any atom is 0.224 e. The van der Waals surface area contributed by atoms with Gasteiger partial charge in [0.25, 0.3) is 0 Å². The third-order valence-electron chi connectivity index (χ3n) is 2.07. The Kier molecular flexibility index (Phi) is 5.80. The number of amides is 1. The van der Waals surface area contributed by atoms with E-state index in [-0.39, 0.29) is 21.9 Å². The fraction of sp³-hybridized carbons (Fsp3) is 0.333. The Morgan fingerprint density at radius 2 is 2.11 bits per heavy atom. The highest BCUT2D eigenvalue weighted by atomic mass is 35.5. The Balaban J connectivity index is 2.89. The van der Waals surface area contributed by atoms with Crippen LogP contribution in [0.1, 0.15) is 20.3 Å². The zero-order chi connectivity index (χ0) is 13.7. The molecule has 0 saturated carbocycles. The summed E-state index contributed by atoms with van der Waals surface area (Å²) in [5.41, 5.74) is 0.467. The first-order valence-corrected chi connectivity index (χ1v) is 6.86. The van der Waals surface area contributed by atoms with Crippen molar-refractivity contribution in [3.05, 3.63) is 22.2 Å². The van der Waals surface area contributed by atoms with Crippen LogP contribution in [0.3, 0.4) is 0 Å². The number of nitrogens with one attached hydrogen (secondary N) is 1. The van der Waals surface area contributed by atoms with Crippen molar-refractivity contribution in [1.82, 2.24) is 0 Å². The summed E-state index contributed by atoms with van der Waals surface area (Å²) in [6, 6.07) is 3.30. The van der Waals surface area contributed by atoms with Crippen molar-refractivity contribution in [1.29, 1.82) is 5.26 Å². The molecular weight excluding hydrogens is 291 g/mol. The predicted octanol–water partition coefficient (Wildman–Crippen LogP) is 4.55. The minimum Gasteiger partial charge on any atom is -0.325 e. The first kappa shape index (κ1) is 15.2. The van der Waals surface area contributed by atoms with E-state index in [0.29, 0.717) is 17.0 Å². The van der Waals surface area contributed by atoms with Crippen LogP contribution in [0.4, 0.5) is 5.69 Å². The summed E-state index contributed by atoms with van der Waals surface area (Å²) in [6.45, 7) is 3.92. The van der Waals surface area contributed by atoms with Crippen molar-refractivity contribution >= 4 is 46.6 Å². The molecule has 0 aliphatic rings. The SMILES string of the molecule is CC(C)CC(=O)Nc1ccc(SC#N)c(Cl)c1Cl. The van der Waals surface area contributed by atoms with Crippen LogP contribution in [0, 0.1) is 16.6 Å². The second-order valence-corrected chi connectivity index (χ2v) is 5.66. The monoisotopic (exact) mass is 302 g/mol. The average molecular weight is 303 g/mol. The minimum atomic E-state index is -0.108. The van der Waals surface area contributed by atoms with E-state index in [2.05, 4.69) is 5.32 Å². The largest absolute Gasteiger partial charge is 0.325 e. The smallest absolute Gasteiger partial charge is 0.224 e. The molecule has 18 heavy (non-hydrogen) atoms. The number of hydrogen-bond donors (Lipinski definition) is 1. The molecule has 0 saturated heterocycles. The quantitative estimate of drug-likeness (QED) is 0.655.